The maximum absolute atomic E-state index is 12.6. The highest BCUT2D eigenvalue weighted by molar-refractivity contribution is 8.00. The fourth-order valence-electron chi connectivity index (χ4n) is 2.55. The number of rotatable bonds is 9. The Bertz CT molecular complexity index is 983. The molecule has 0 aliphatic rings. The summed E-state index contributed by atoms with van der Waals surface area (Å²) < 4.78 is 12.1. The average Bonchev–Trinajstić information content (AvgIpc) is 3.10. The summed E-state index contributed by atoms with van der Waals surface area (Å²) in [6.45, 7) is 4.53. The number of carbonyl (C=O) groups excluding carboxylic acids is 1. The second-order valence-corrected chi connectivity index (χ2v) is 7.76. The zero-order valence-electron chi connectivity index (χ0n) is 16.4. The van der Waals surface area contributed by atoms with Crippen molar-refractivity contribution in [2.45, 2.75) is 37.0 Å². The number of anilines is 1. The number of aromatic nitrogens is 2. The molecule has 2 aromatic carbocycles. The average molecular weight is 415 g/mol. The van der Waals surface area contributed by atoms with Crippen LogP contribution >= 0.6 is 11.8 Å². The van der Waals surface area contributed by atoms with E-state index in [1.807, 2.05) is 42.5 Å². The topological polar surface area (TPSA) is 88.2 Å². The van der Waals surface area contributed by atoms with Gasteiger partial charge >= 0.3 is 10.7 Å². The van der Waals surface area contributed by atoms with Crippen LogP contribution in [0.1, 0.15) is 26.7 Å². The van der Waals surface area contributed by atoms with Gasteiger partial charge in [-0.2, -0.15) is 0 Å². The summed E-state index contributed by atoms with van der Waals surface area (Å²) in [5, 5.41) is 5.23. The van der Waals surface area contributed by atoms with Crippen molar-refractivity contribution in [3.8, 4) is 11.4 Å². The summed E-state index contributed by atoms with van der Waals surface area (Å²) in [6, 6.07) is 16.5. The van der Waals surface area contributed by atoms with E-state index < -0.39 is 10.9 Å². The first-order chi connectivity index (χ1) is 14.1. The number of carbonyl (C=O) groups is 1. The molecule has 8 heteroatoms. The molecule has 1 amide bonds. The maximum atomic E-state index is 12.6. The number of unbranched alkanes of at least 4 members (excludes halogenated alkanes) is 1. The van der Waals surface area contributed by atoms with Gasteiger partial charge in [-0.1, -0.05) is 31.5 Å². The largest absolute Gasteiger partial charge is 0.494 e. The summed E-state index contributed by atoms with van der Waals surface area (Å²) in [5.41, 5.74) is 0.890. The minimum absolute atomic E-state index is 0.213. The lowest BCUT2D eigenvalue weighted by Crippen LogP contribution is -2.37. The van der Waals surface area contributed by atoms with E-state index >= 15 is 0 Å². The van der Waals surface area contributed by atoms with Crippen molar-refractivity contribution in [3.63, 3.8) is 0 Å². The van der Waals surface area contributed by atoms with E-state index in [1.54, 1.807) is 19.1 Å². The third kappa shape index (κ3) is 5.51. The van der Waals surface area contributed by atoms with E-state index in [9.17, 15) is 9.59 Å². The van der Waals surface area contributed by atoms with Crippen molar-refractivity contribution < 1.29 is 18.7 Å². The molecule has 3 aromatic rings. The van der Waals surface area contributed by atoms with E-state index in [0.717, 1.165) is 36.0 Å². The summed E-state index contributed by atoms with van der Waals surface area (Å²) in [6.07, 6.45) is 2.08. The van der Waals surface area contributed by atoms with Gasteiger partial charge in [0.1, 0.15) is 5.75 Å². The first kappa shape index (κ1) is 20.7. The monoisotopic (exact) mass is 414 g/mol. The van der Waals surface area contributed by atoms with Crippen molar-refractivity contribution in [1.82, 2.24) is 5.27 Å². The normalized spacial score (nSPS) is 11.8. The predicted molar refractivity (Wildman–Crippen MR) is 112 cm³/mol. The van der Waals surface area contributed by atoms with Crippen LogP contribution in [0.15, 0.2) is 68.9 Å². The van der Waals surface area contributed by atoms with Crippen molar-refractivity contribution in [2.24, 2.45) is 0 Å². The lowest BCUT2D eigenvalue weighted by molar-refractivity contribution is -0.704. The van der Waals surface area contributed by atoms with E-state index in [-0.39, 0.29) is 5.91 Å². The van der Waals surface area contributed by atoms with Crippen LogP contribution in [-0.4, -0.2) is 23.0 Å². The minimum Gasteiger partial charge on any atom is -0.494 e. The van der Waals surface area contributed by atoms with E-state index in [2.05, 4.69) is 17.5 Å². The molecular weight excluding hydrogens is 390 g/mol. The van der Waals surface area contributed by atoms with Gasteiger partial charge in [-0.3, -0.25) is 9.32 Å². The number of hydrogen-bond donors (Lipinski definition) is 2. The molecule has 0 saturated heterocycles. The molecule has 7 nitrogen and oxygen atoms in total. The highest BCUT2D eigenvalue weighted by atomic mass is 32.2. The Labute approximate surface area is 173 Å². The molecule has 29 heavy (non-hydrogen) atoms. The number of nitrogens with one attached hydrogen (secondary N) is 2. The molecule has 3 rings (SSSR count). The smallest absolute Gasteiger partial charge is 0.442 e. The molecule has 0 aliphatic carbocycles. The number of thioether (sulfide) groups is 1. The van der Waals surface area contributed by atoms with Crippen molar-refractivity contribution in [1.29, 1.82) is 0 Å². The fraction of sp³-hybridized carbons (Fsp3) is 0.286. The first-order valence-electron chi connectivity index (χ1n) is 9.48. The zero-order chi connectivity index (χ0) is 20.6. The molecule has 152 valence electrons. The quantitative estimate of drug-likeness (QED) is 0.318. The van der Waals surface area contributed by atoms with Gasteiger partial charge in [-0.15, -0.1) is 0 Å². The van der Waals surface area contributed by atoms with Gasteiger partial charge in [0.05, 0.1) is 11.9 Å². The molecular formula is C21H24N3O4S+. The van der Waals surface area contributed by atoms with Gasteiger partial charge in [0.25, 0.3) is 0 Å². The van der Waals surface area contributed by atoms with Crippen LogP contribution in [0.4, 0.5) is 5.69 Å². The van der Waals surface area contributed by atoms with E-state index in [1.165, 1.54) is 4.68 Å². The van der Waals surface area contributed by atoms with Crippen LogP contribution in [0.3, 0.4) is 0 Å². The first-order valence-corrected chi connectivity index (χ1v) is 10.4. The predicted octanol–water partition coefficient (Wildman–Crippen LogP) is 3.54. The van der Waals surface area contributed by atoms with Gasteiger partial charge in [0.15, 0.2) is 0 Å². The molecule has 1 unspecified atom stereocenters. The van der Waals surface area contributed by atoms with Crippen LogP contribution in [0.25, 0.3) is 5.69 Å². The maximum Gasteiger partial charge on any atom is 0.442 e. The van der Waals surface area contributed by atoms with Crippen LogP contribution in [0, 0.1) is 0 Å². The summed E-state index contributed by atoms with van der Waals surface area (Å²) in [4.78, 5) is 24.7. The molecule has 0 radical (unpaired) electrons. The van der Waals surface area contributed by atoms with Gasteiger partial charge in [0.2, 0.25) is 11.6 Å². The Morgan fingerprint density at radius 1 is 1.21 bits per heavy atom. The van der Waals surface area contributed by atoms with Gasteiger partial charge in [0, 0.05) is 17.8 Å². The molecule has 0 spiro atoms. The standard InChI is InChI=1S/C21H23N3O4S/c1-3-4-14-27-18-12-10-16(11-13-18)22-19(25)15(2)29-20-21(26)28-23-24(20)17-8-6-5-7-9-17/h5-13,15H,3-4,14H2,1-2H3,(H-,22,23,25,26)/p+1. The van der Waals surface area contributed by atoms with Crippen LogP contribution in [0.5, 0.6) is 5.75 Å². The minimum atomic E-state index is -0.521. The van der Waals surface area contributed by atoms with Crippen LogP contribution < -0.4 is 20.4 Å². The number of hydrogen-bond acceptors (Lipinski definition) is 5. The SMILES string of the molecule is CCCCOc1ccc(NC(=O)C(C)Sc2c(=O)o[nH][n+]2-c2ccccc2)cc1. The van der Waals surface area contributed by atoms with Crippen molar-refractivity contribution >= 4 is 23.4 Å². The Balaban J connectivity index is 1.63. The number of benzene rings is 2. The number of ether oxygens (including phenoxy) is 1. The van der Waals surface area contributed by atoms with Crippen LogP contribution in [0.2, 0.25) is 0 Å². The van der Waals surface area contributed by atoms with Crippen LogP contribution in [-0.2, 0) is 4.79 Å². The molecule has 1 aromatic heterocycles. The molecule has 1 heterocycles. The van der Waals surface area contributed by atoms with Crippen molar-refractivity contribution in [2.75, 3.05) is 11.9 Å². The van der Waals surface area contributed by atoms with Gasteiger partial charge in [-0.05, 0) is 59.3 Å². The number of para-hydroxylation sites is 1. The Morgan fingerprint density at radius 2 is 1.93 bits per heavy atom. The summed E-state index contributed by atoms with van der Waals surface area (Å²) in [7, 11) is 0. The fourth-order valence-corrected chi connectivity index (χ4v) is 3.43. The molecule has 0 saturated carbocycles. The zero-order valence-corrected chi connectivity index (χ0v) is 17.2. The lowest BCUT2D eigenvalue weighted by atomic mass is 10.3. The number of nitrogens with zero attached hydrogens (tertiary/aromatic N) is 1. The Morgan fingerprint density at radius 3 is 2.62 bits per heavy atom. The van der Waals surface area contributed by atoms with Crippen molar-refractivity contribution in [3.05, 3.63) is 65.0 Å². The third-order valence-electron chi connectivity index (χ3n) is 4.17. The summed E-state index contributed by atoms with van der Waals surface area (Å²) in [5.74, 6) is 0.558. The number of H-pyrrole nitrogens is 1. The second-order valence-electron chi connectivity index (χ2n) is 6.43. The third-order valence-corrected chi connectivity index (χ3v) is 5.31. The van der Waals surface area contributed by atoms with E-state index in [4.69, 9.17) is 9.26 Å². The molecule has 0 fully saturated rings. The van der Waals surface area contributed by atoms with Gasteiger partial charge < -0.3 is 10.1 Å². The highest BCUT2D eigenvalue weighted by Gasteiger charge is 2.28. The molecule has 0 bridgehead atoms. The lowest BCUT2D eigenvalue weighted by Gasteiger charge is -2.10. The highest BCUT2D eigenvalue weighted by Crippen LogP contribution is 2.21. The summed E-state index contributed by atoms with van der Waals surface area (Å²) >= 11 is 1.13. The number of aromatic amines is 1. The Kier molecular flexibility index (Phi) is 7.13. The van der Waals surface area contributed by atoms with E-state index in [0.29, 0.717) is 17.3 Å². The molecule has 2 N–H and O–H groups in total. The van der Waals surface area contributed by atoms with Gasteiger partial charge in [-0.25, -0.2) is 4.79 Å². The second kappa shape index (κ2) is 9.97. The molecule has 1 atom stereocenters. The Hall–Kier alpha value is -3.00. The molecule has 0 aliphatic heterocycles. The number of amides is 1.